The number of hydrogen-bond acceptors (Lipinski definition) is 5. The average Bonchev–Trinajstić information content (AvgIpc) is 3.36. The van der Waals surface area contributed by atoms with E-state index in [0.717, 1.165) is 22.3 Å². The molecule has 35 heavy (non-hydrogen) atoms. The van der Waals surface area contributed by atoms with Crippen molar-refractivity contribution in [1.29, 1.82) is 0 Å². The fourth-order valence-corrected chi connectivity index (χ4v) is 5.07. The highest BCUT2D eigenvalue weighted by Gasteiger charge is 2.52. The fraction of sp³-hybridized carbons (Fsp3) is 0.444. The van der Waals surface area contributed by atoms with Crippen LogP contribution in [-0.4, -0.2) is 66.4 Å². The van der Waals surface area contributed by atoms with Gasteiger partial charge in [-0.15, -0.1) is 0 Å². The number of fused-ring (bicyclic) bond motifs is 3. The van der Waals surface area contributed by atoms with Gasteiger partial charge in [0.1, 0.15) is 12.1 Å². The lowest BCUT2D eigenvalue weighted by Crippen LogP contribution is -2.56. The maximum atomic E-state index is 13.3. The van der Waals surface area contributed by atoms with Gasteiger partial charge in [0.15, 0.2) is 0 Å². The Morgan fingerprint density at radius 3 is 2.20 bits per heavy atom. The third kappa shape index (κ3) is 4.50. The smallest absolute Gasteiger partial charge is 0.407 e. The molecule has 8 heteroatoms. The molecule has 1 aliphatic heterocycles. The first-order valence-electron chi connectivity index (χ1n) is 11.8. The fourth-order valence-electron chi connectivity index (χ4n) is 5.07. The minimum Gasteiger partial charge on any atom is -0.480 e. The molecule has 2 amide bonds. The van der Waals surface area contributed by atoms with Crippen molar-refractivity contribution in [2.75, 3.05) is 26.8 Å². The van der Waals surface area contributed by atoms with Gasteiger partial charge in [-0.2, -0.15) is 0 Å². The molecule has 0 aromatic heterocycles. The number of benzene rings is 2. The van der Waals surface area contributed by atoms with Gasteiger partial charge in [-0.25, -0.2) is 9.59 Å². The summed E-state index contributed by atoms with van der Waals surface area (Å²) in [6.45, 7) is 5.26. The van der Waals surface area contributed by atoms with Crippen LogP contribution in [0.2, 0.25) is 0 Å². The van der Waals surface area contributed by atoms with E-state index in [9.17, 15) is 19.5 Å². The van der Waals surface area contributed by atoms with Gasteiger partial charge in [0.2, 0.25) is 5.91 Å². The molecular weight excluding hydrogens is 448 g/mol. The minimum atomic E-state index is -1.36. The molecule has 8 nitrogen and oxygen atoms in total. The molecule has 186 valence electrons. The van der Waals surface area contributed by atoms with E-state index in [1.54, 1.807) is 13.8 Å². The number of likely N-dealkylation sites (tertiary alicyclic amines) is 1. The lowest BCUT2D eigenvalue weighted by atomic mass is 9.89. The average molecular weight is 481 g/mol. The van der Waals surface area contributed by atoms with E-state index in [4.69, 9.17) is 9.47 Å². The van der Waals surface area contributed by atoms with E-state index < -0.39 is 23.0 Å². The van der Waals surface area contributed by atoms with E-state index in [0.29, 0.717) is 0 Å². The minimum absolute atomic E-state index is 0.00630. The van der Waals surface area contributed by atoms with Gasteiger partial charge in [-0.05, 0) is 43.0 Å². The summed E-state index contributed by atoms with van der Waals surface area (Å²) < 4.78 is 10.9. The first-order chi connectivity index (χ1) is 16.6. The number of nitrogens with zero attached hydrogens (tertiary/aromatic N) is 1. The van der Waals surface area contributed by atoms with Gasteiger partial charge in [-0.3, -0.25) is 4.79 Å². The number of amides is 2. The van der Waals surface area contributed by atoms with Crippen molar-refractivity contribution in [3.05, 3.63) is 59.7 Å². The van der Waals surface area contributed by atoms with Crippen LogP contribution in [0, 0.1) is 5.41 Å². The third-order valence-corrected chi connectivity index (χ3v) is 7.24. The number of hydrogen-bond donors (Lipinski definition) is 2. The largest absolute Gasteiger partial charge is 0.480 e. The summed E-state index contributed by atoms with van der Waals surface area (Å²) in [4.78, 5) is 39.2. The van der Waals surface area contributed by atoms with E-state index in [1.807, 2.05) is 36.4 Å². The maximum Gasteiger partial charge on any atom is 0.407 e. The lowest BCUT2D eigenvalue weighted by Gasteiger charge is -2.36. The van der Waals surface area contributed by atoms with Gasteiger partial charge in [0, 0.05) is 32.5 Å². The Balaban J connectivity index is 1.38. The number of aliphatic carboxylic acids is 1. The third-order valence-electron chi connectivity index (χ3n) is 7.24. The summed E-state index contributed by atoms with van der Waals surface area (Å²) in [6, 6.07) is 16.2. The van der Waals surface area contributed by atoms with Gasteiger partial charge < -0.3 is 24.8 Å². The molecule has 2 atom stereocenters. The molecule has 2 aliphatic rings. The Morgan fingerprint density at radius 2 is 1.66 bits per heavy atom. The Morgan fingerprint density at radius 1 is 1.09 bits per heavy atom. The molecule has 0 bridgehead atoms. The predicted octanol–water partition coefficient (Wildman–Crippen LogP) is 3.64. The van der Waals surface area contributed by atoms with Crippen LogP contribution < -0.4 is 5.32 Å². The highest BCUT2D eigenvalue weighted by Crippen LogP contribution is 2.44. The van der Waals surface area contributed by atoms with Crippen LogP contribution in [0.3, 0.4) is 0 Å². The molecule has 4 rings (SSSR count). The molecule has 2 aromatic carbocycles. The zero-order valence-electron chi connectivity index (χ0n) is 20.5. The molecular formula is C27H32N2O6. The summed E-state index contributed by atoms with van der Waals surface area (Å²) in [5.41, 5.74) is 2.12. The van der Waals surface area contributed by atoms with Crippen molar-refractivity contribution < 1.29 is 29.0 Å². The van der Waals surface area contributed by atoms with E-state index in [1.165, 1.54) is 18.9 Å². The lowest BCUT2D eigenvalue weighted by molar-refractivity contribution is -0.159. The number of carbonyl (C=O) groups excluding carboxylic acids is 2. The Labute approximate surface area is 205 Å². The number of rotatable bonds is 7. The van der Waals surface area contributed by atoms with Crippen LogP contribution in [0.1, 0.15) is 44.2 Å². The Bertz CT molecular complexity index is 1100. The second kappa shape index (κ2) is 9.34. The number of alkyl carbamates (subject to hydrolysis) is 1. The predicted molar refractivity (Wildman–Crippen MR) is 130 cm³/mol. The van der Waals surface area contributed by atoms with Crippen molar-refractivity contribution in [3.8, 4) is 11.1 Å². The molecule has 0 radical (unpaired) electrons. The molecule has 1 saturated heterocycles. The molecule has 0 saturated carbocycles. The van der Waals surface area contributed by atoms with Crippen LogP contribution in [0.5, 0.6) is 0 Å². The van der Waals surface area contributed by atoms with Crippen LogP contribution in [0.15, 0.2) is 48.5 Å². The Kier molecular flexibility index (Phi) is 6.60. The second-order valence-electron chi connectivity index (χ2n) is 10.1. The highest BCUT2D eigenvalue weighted by molar-refractivity contribution is 5.90. The summed E-state index contributed by atoms with van der Waals surface area (Å²) in [6.07, 6.45) is -0.767. The van der Waals surface area contributed by atoms with Gasteiger partial charge >= 0.3 is 12.1 Å². The number of ether oxygens (including phenoxy) is 2. The van der Waals surface area contributed by atoms with Crippen molar-refractivity contribution in [3.63, 3.8) is 0 Å². The zero-order chi connectivity index (χ0) is 25.4. The molecule has 2 aromatic rings. The van der Waals surface area contributed by atoms with Crippen LogP contribution >= 0.6 is 0 Å². The summed E-state index contributed by atoms with van der Waals surface area (Å²) >= 11 is 0. The van der Waals surface area contributed by atoms with Crippen molar-refractivity contribution in [2.24, 2.45) is 5.41 Å². The van der Waals surface area contributed by atoms with Crippen molar-refractivity contribution >= 4 is 18.0 Å². The maximum absolute atomic E-state index is 13.3. The standard InChI is InChI=1S/C27H32N2O6/c1-26(2,23(30)29-14-17(34-4)13-27(29,3)24(31)32)16-28-25(33)35-15-22-20-11-7-5-9-18(20)19-10-6-8-12-21(19)22/h5-12,17,22H,13-16H2,1-4H3,(H,28,33)(H,31,32). The quantitative estimate of drug-likeness (QED) is 0.627. The molecule has 1 aliphatic carbocycles. The summed E-state index contributed by atoms with van der Waals surface area (Å²) in [7, 11) is 1.50. The zero-order valence-corrected chi connectivity index (χ0v) is 20.5. The molecule has 0 spiro atoms. The summed E-state index contributed by atoms with van der Waals surface area (Å²) in [5.74, 6) is -1.50. The first kappa shape index (κ1) is 24.7. The highest BCUT2D eigenvalue weighted by atomic mass is 16.5. The van der Waals surface area contributed by atoms with Crippen molar-refractivity contribution in [1.82, 2.24) is 10.2 Å². The molecule has 2 unspecified atom stereocenters. The van der Waals surface area contributed by atoms with Gasteiger partial charge in [0.05, 0.1) is 11.5 Å². The molecule has 1 heterocycles. The van der Waals surface area contributed by atoms with Crippen LogP contribution in [-0.2, 0) is 19.1 Å². The number of methoxy groups -OCH3 is 1. The number of nitrogens with one attached hydrogen (secondary N) is 1. The number of carboxylic acid groups (broad SMARTS) is 1. The topological polar surface area (TPSA) is 105 Å². The van der Waals surface area contributed by atoms with E-state index >= 15 is 0 Å². The molecule has 1 fully saturated rings. The molecule has 2 N–H and O–H groups in total. The van der Waals surface area contributed by atoms with Crippen LogP contribution in [0.4, 0.5) is 4.79 Å². The first-order valence-corrected chi connectivity index (χ1v) is 11.8. The van der Waals surface area contributed by atoms with Gasteiger partial charge in [-0.1, -0.05) is 48.5 Å². The monoisotopic (exact) mass is 480 g/mol. The second-order valence-corrected chi connectivity index (χ2v) is 10.1. The summed E-state index contributed by atoms with van der Waals surface area (Å²) in [5, 5.41) is 12.5. The van der Waals surface area contributed by atoms with E-state index in [2.05, 4.69) is 17.4 Å². The Hall–Kier alpha value is -3.39. The number of carbonyl (C=O) groups is 3. The normalized spacial score (nSPS) is 21.4. The number of carboxylic acids is 1. The van der Waals surface area contributed by atoms with Crippen molar-refractivity contribution in [2.45, 2.75) is 44.8 Å². The van der Waals surface area contributed by atoms with E-state index in [-0.39, 0.29) is 44.0 Å². The van der Waals surface area contributed by atoms with Gasteiger partial charge in [0.25, 0.3) is 0 Å². The van der Waals surface area contributed by atoms with Crippen LogP contribution in [0.25, 0.3) is 11.1 Å². The SMILES string of the molecule is COC1CN(C(=O)C(C)(C)CNC(=O)OCC2c3ccccc3-c3ccccc32)C(C)(C(=O)O)C1.